The van der Waals surface area contributed by atoms with E-state index < -0.39 is 0 Å². The number of carbonyl (C=O) groups is 2. The van der Waals surface area contributed by atoms with Gasteiger partial charge in [0.05, 0.1) is 0 Å². The number of benzene rings is 2. The lowest BCUT2D eigenvalue weighted by Crippen LogP contribution is -2.49. The summed E-state index contributed by atoms with van der Waals surface area (Å²) in [5.74, 6) is 0.114. The zero-order chi connectivity index (χ0) is 22.7. The molecule has 32 heavy (non-hydrogen) atoms. The minimum atomic E-state index is -0.360. The number of rotatable bonds is 6. The van der Waals surface area contributed by atoms with Crippen LogP contribution in [-0.4, -0.2) is 72.5 Å². The van der Waals surface area contributed by atoms with Gasteiger partial charge in [-0.25, -0.2) is 4.39 Å². The van der Waals surface area contributed by atoms with Crippen molar-refractivity contribution in [3.05, 3.63) is 57.6 Å². The number of amides is 2. The highest BCUT2D eigenvalue weighted by atomic mass is 35.5. The molecule has 0 spiro atoms. The van der Waals surface area contributed by atoms with Crippen molar-refractivity contribution in [1.82, 2.24) is 14.7 Å². The molecule has 2 amide bonds. The van der Waals surface area contributed by atoms with Gasteiger partial charge in [0.25, 0.3) is 5.91 Å². The first-order chi connectivity index (χ1) is 15.5. The summed E-state index contributed by atoms with van der Waals surface area (Å²) in [6.45, 7) is 3.81. The SMILES string of the molecule is O=C1CCCN1Cc1c(Cl)cc(-c2ccc(C(=O)N3CCN(CCF)CC3)cc2)cc1Cl. The highest BCUT2D eigenvalue weighted by Gasteiger charge is 2.23. The van der Waals surface area contributed by atoms with Crippen LogP contribution in [-0.2, 0) is 11.3 Å². The Morgan fingerprint density at radius 2 is 1.59 bits per heavy atom. The molecule has 0 bridgehead atoms. The molecule has 2 saturated heterocycles. The fourth-order valence-corrected chi connectivity index (χ4v) is 4.87. The Morgan fingerprint density at radius 1 is 0.938 bits per heavy atom. The van der Waals surface area contributed by atoms with Crippen LogP contribution in [0.25, 0.3) is 11.1 Å². The Bertz CT molecular complexity index is 968. The summed E-state index contributed by atoms with van der Waals surface area (Å²) in [4.78, 5) is 30.4. The molecule has 8 heteroatoms. The van der Waals surface area contributed by atoms with Crippen molar-refractivity contribution in [1.29, 1.82) is 0 Å². The number of piperazine rings is 1. The van der Waals surface area contributed by atoms with E-state index >= 15 is 0 Å². The molecule has 0 N–H and O–H groups in total. The van der Waals surface area contributed by atoms with Gasteiger partial charge in [0.1, 0.15) is 6.67 Å². The maximum atomic E-state index is 12.8. The van der Waals surface area contributed by atoms with E-state index in [0.717, 1.165) is 29.7 Å². The monoisotopic (exact) mass is 477 g/mol. The normalized spacial score (nSPS) is 17.3. The summed E-state index contributed by atoms with van der Waals surface area (Å²) in [5, 5.41) is 1.05. The Kier molecular flexibility index (Phi) is 7.33. The van der Waals surface area contributed by atoms with Gasteiger partial charge in [-0.3, -0.25) is 14.5 Å². The molecule has 170 valence electrons. The van der Waals surface area contributed by atoms with Crippen LogP contribution in [0.3, 0.4) is 0 Å². The average molecular weight is 478 g/mol. The Morgan fingerprint density at radius 3 is 2.16 bits per heavy atom. The molecule has 0 radical (unpaired) electrons. The molecular formula is C24H26Cl2FN3O2. The van der Waals surface area contributed by atoms with Crippen molar-refractivity contribution in [3.8, 4) is 11.1 Å². The summed E-state index contributed by atoms with van der Waals surface area (Å²) < 4.78 is 12.5. The van der Waals surface area contributed by atoms with Crippen molar-refractivity contribution in [2.45, 2.75) is 19.4 Å². The highest BCUT2D eigenvalue weighted by Crippen LogP contribution is 2.33. The molecule has 2 heterocycles. The first kappa shape index (κ1) is 23.0. The van der Waals surface area contributed by atoms with E-state index in [-0.39, 0.29) is 18.5 Å². The molecule has 2 aromatic carbocycles. The van der Waals surface area contributed by atoms with Crippen LogP contribution in [0.5, 0.6) is 0 Å². The second-order valence-electron chi connectivity index (χ2n) is 8.24. The van der Waals surface area contributed by atoms with E-state index in [9.17, 15) is 14.0 Å². The lowest BCUT2D eigenvalue weighted by Gasteiger charge is -2.34. The van der Waals surface area contributed by atoms with Crippen LogP contribution >= 0.6 is 23.2 Å². The minimum Gasteiger partial charge on any atom is -0.338 e. The van der Waals surface area contributed by atoms with Crippen molar-refractivity contribution < 1.29 is 14.0 Å². The van der Waals surface area contributed by atoms with Gasteiger partial charge in [-0.2, -0.15) is 0 Å². The van der Waals surface area contributed by atoms with Crippen LogP contribution in [0.2, 0.25) is 10.0 Å². The van der Waals surface area contributed by atoms with Gasteiger partial charge in [0.2, 0.25) is 5.91 Å². The summed E-state index contributed by atoms with van der Waals surface area (Å²) in [5.41, 5.74) is 3.14. The van der Waals surface area contributed by atoms with Crippen LogP contribution in [0.1, 0.15) is 28.8 Å². The molecule has 0 saturated carbocycles. The number of hydrogen-bond donors (Lipinski definition) is 0. The summed E-state index contributed by atoms with van der Waals surface area (Å²) in [6, 6.07) is 11.1. The fraction of sp³-hybridized carbons (Fsp3) is 0.417. The first-order valence-corrected chi connectivity index (χ1v) is 11.7. The number of halogens is 3. The molecule has 2 aliphatic rings. The lowest BCUT2D eigenvalue weighted by atomic mass is 10.0. The van der Waals surface area contributed by atoms with Crippen LogP contribution in [0, 0.1) is 0 Å². The third-order valence-electron chi connectivity index (χ3n) is 6.19. The number of hydrogen-bond acceptors (Lipinski definition) is 3. The molecule has 2 fully saturated rings. The van der Waals surface area contributed by atoms with Gasteiger partial charge >= 0.3 is 0 Å². The van der Waals surface area contributed by atoms with E-state index in [1.165, 1.54) is 0 Å². The third kappa shape index (κ3) is 5.08. The van der Waals surface area contributed by atoms with Crippen LogP contribution in [0.4, 0.5) is 4.39 Å². The second kappa shape index (κ2) is 10.2. The maximum Gasteiger partial charge on any atom is 0.253 e. The number of carbonyl (C=O) groups excluding carboxylic acids is 2. The first-order valence-electron chi connectivity index (χ1n) is 10.9. The lowest BCUT2D eigenvalue weighted by molar-refractivity contribution is -0.128. The van der Waals surface area contributed by atoms with E-state index in [1.807, 2.05) is 46.2 Å². The summed E-state index contributed by atoms with van der Waals surface area (Å²) in [7, 11) is 0. The topological polar surface area (TPSA) is 43.9 Å². The standard InChI is InChI=1S/C24H26Cl2FN3O2/c25-21-14-19(15-22(26)20(21)16-30-8-1-2-23(30)31)17-3-5-18(6-4-17)24(32)29-12-10-28(9-7-27)11-13-29/h3-6,14-15H,1-2,7-13,16H2. The second-order valence-corrected chi connectivity index (χ2v) is 9.05. The van der Waals surface area contributed by atoms with E-state index in [1.54, 1.807) is 4.90 Å². The highest BCUT2D eigenvalue weighted by molar-refractivity contribution is 6.36. The third-order valence-corrected chi connectivity index (χ3v) is 6.86. The molecule has 2 aliphatic heterocycles. The van der Waals surface area contributed by atoms with E-state index in [0.29, 0.717) is 61.3 Å². The maximum absolute atomic E-state index is 12.8. The smallest absolute Gasteiger partial charge is 0.253 e. The van der Waals surface area contributed by atoms with Crippen LogP contribution < -0.4 is 0 Å². The average Bonchev–Trinajstić information content (AvgIpc) is 3.21. The van der Waals surface area contributed by atoms with Crippen molar-refractivity contribution in [2.75, 3.05) is 45.9 Å². The van der Waals surface area contributed by atoms with Crippen molar-refractivity contribution >= 4 is 35.0 Å². The van der Waals surface area contributed by atoms with Gasteiger partial charge in [-0.1, -0.05) is 35.3 Å². The molecule has 2 aromatic rings. The summed E-state index contributed by atoms with van der Waals surface area (Å²) >= 11 is 13.0. The van der Waals surface area contributed by atoms with Crippen LogP contribution in [0.15, 0.2) is 36.4 Å². The largest absolute Gasteiger partial charge is 0.338 e. The zero-order valence-electron chi connectivity index (χ0n) is 17.8. The predicted molar refractivity (Wildman–Crippen MR) is 125 cm³/mol. The number of alkyl halides is 1. The quantitative estimate of drug-likeness (QED) is 0.614. The van der Waals surface area contributed by atoms with Crippen molar-refractivity contribution in [2.24, 2.45) is 0 Å². The minimum absolute atomic E-state index is 0.0156. The molecule has 5 nitrogen and oxygen atoms in total. The molecule has 0 atom stereocenters. The molecule has 0 aromatic heterocycles. The Balaban J connectivity index is 1.44. The van der Waals surface area contributed by atoms with Crippen molar-refractivity contribution in [3.63, 3.8) is 0 Å². The number of nitrogens with zero attached hydrogens (tertiary/aromatic N) is 3. The molecule has 4 rings (SSSR count). The number of likely N-dealkylation sites (tertiary alicyclic amines) is 1. The summed E-state index contributed by atoms with van der Waals surface area (Å²) in [6.07, 6.45) is 1.44. The zero-order valence-corrected chi connectivity index (χ0v) is 19.3. The van der Waals surface area contributed by atoms with Gasteiger partial charge in [0, 0.05) is 73.4 Å². The van der Waals surface area contributed by atoms with Gasteiger partial charge < -0.3 is 9.80 Å². The molecule has 0 unspecified atom stereocenters. The Labute approximate surface area is 197 Å². The van der Waals surface area contributed by atoms with E-state index in [2.05, 4.69) is 0 Å². The van der Waals surface area contributed by atoms with E-state index in [4.69, 9.17) is 23.2 Å². The van der Waals surface area contributed by atoms with Gasteiger partial charge in [-0.05, 0) is 41.8 Å². The van der Waals surface area contributed by atoms with Gasteiger partial charge in [0.15, 0.2) is 0 Å². The molecular weight excluding hydrogens is 452 g/mol. The predicted octanol–water partition coefficient (Wildman–Crippen LogP) is 4.51. The Hall–Kier alpha value is -2.15. The fourth-order valence-electron chi connectivity index (χ4n) is 4.26. The molecule has 0 aliphatic carbocycles. The van der Waals surface area contributed by atoms with Gasteiger partial charge in [-0.15, -0.1) is 0 Å².